The van der Waals surface area contributed by atoms with Crippen LogP contribution in [0, 0.1) is 12.8 Å². The molecule has 3 heterocycles. The Morgan fingerprint density at radius 2 is 2.07 bits per heavy atom. The Hall–Kier alpha value is -2.19. The van der Waals surface area contributed by atoms with E-state index in [0.717, 1.165) is 36.5 Å². The Labute approximate surface area is 172 Å². The third-order valence-electron chi connectivity index (χ3n) is 5.21. The van der Waals surface area contributed by atoms with Gasteiger partial charge in [-0.3, -0.25) is 14.5 Å². The van der Waals surface area contributed by atoms with E-state index in [1.54, 1.807) is 11.0 Å². The molecule has 0 bridgehead atoms. The molecule has 0 spiro atoms. The maximum Gasteiger partial charge on any atom is 0.229 e. The highest BCUT2D eigenvalue weighted by molar-refractivity contribution is 7.19. The molecular weight excluding hydrogens is 398 g/mol. The summed E-state index contributed by atoms with van der Waals surface area (Å²) in [5, 5.41) is 13.5. The number of halogens is 1. The number of aromatic nitrogens is 2. The highest BCUT2D eigenvalue weighted by Gasteiger charge is 2.30. The Balaban J connectivity index is 1.41. The molecule has 0 aliphatic carbocycles. The number of anilines is 3. The van der Waals surface area contributed by atoms with Gasteiger partial charge in [-0.05, 0) is 43.9 Å². The molecule has 28 heavy (non-hydrogen) atoms. The molecule has 1 atom stereocenters. The molecule has 0 radical (unpaired) electrons. The molecule has 1 aromatic carbocycles. The molecule has 9 heteroatoms. The van der Waals surface area contributed by atoms with Gasteiger partial charge in [0.05, 0.1) is 5.92 Å². The molecule has 1 N–H and O–H groups in total. The topological polar surface area (TPSA) is 78.4 Å². The van der Waals surface area contributed by atoms with Gasteiger partial charge in [0.25, 0.3) is 0 Å². The van der Waals surface area contributed by atoms with Crippen LogP contribution in [0.25, 0.3) is 0 Å². The number of hydrogen-bond acceptors (Lipinski definition) is 6. The smallest absolute Gasteiger partial charge is 0.229 e. The normalized spacial score (nSPS) is 19.9. The van der Waals surface area contributed by atoms with E-state index in [2.05, 4.69) is 20.4 Å². The number of carbonyl (C=O) groups is 2. The second kappa shape index (κ2) is 8.05. The SMILES string of the molecule is Cc1ccc(NC(=O)[C@H]2CCCN(c3nnc(N4CCCC4=O)s3)C2)cc1Cl. The Kier molecular flexibility index (Phi) is 5.50. The van der Waals surface area contributed by atoms with Gasteiger partial charge in [-0.25, -0.2) is 0 Å². The second-order valence-electron chi connectivity index (χ2n) is 7.25. The largest absolute Gasteiger partial charge is 0.346 e. The summed E-state index contributed by atoms with van der Waals surface area (Å²) in [7, 11) is 0. The molecule has 1 aromatic heterocycles. The zero-order chi connectivity index (χ0) is 19.7. The Morgan fingerprint density at radius 3 is 2.82 bits per heavy atom. The number of nitrogens with zero attached hydrogens (tertiary/aromatic N) is 4. The van der Waals surface area contributed by atoms with E-state index in [1.165, 1.54) is 11.3 Å². The standard InChI is InChI=1S/C19H22ClN5O2S/c1-12-6-7-14(10-15(12)20)21-17(27)13-4-2-8-24(11-13)18-22-23-19(28-18)25-9-3-5-16(25)26/h6-7,10,13H,2-5,8-9,11H2,1H3,(H,21,27)/t13-/m0/s1. The van der Waals surface area contributed by atoms with E-state index >= 15 is 0 Å². The maximum atomic E-state index is 12.7. The van der Waals surface area contributed by atoms with Gasteiger partial charge >= 0.3 is 0 Å². The summed E-state index contributed by atoms with van der Waals surface area (Å²) in [5.74, 6) is -0.0333. The third kappa shape index (κ3) is 3.98. The summed E-state index contributed by atoms with van der Waals surface area (Å²) in [4.78, 5) is 28.4. The van der Waals surface area contributed by atoms with Crippen molar-refractivity contribution in [1.29, 1.82) is 0 Å². The molecule has 2 aromatic rings. The molecule has 2 fully saturated rings. The highest BCUT2D eigenvalue weighted by atomic mass is 35.5. The number of carbonyl (C=O) groups excluding carboxylic acids is 2. The lowest BCUT2D eigenvalue weighted by Crippen LogP contribution is -2.40. The fourth-order valence-electron chi connectivity index (χ4n) is 3.58. The van der Waals surface area contributed by atoms with Gasteiger partial charge in [-0.2, -0.15) is 0 Å². The van der Waals surface area contributed by atoms with Crippen LogP contribution in [-0.4, -0.2) is 41.6 Å². The van der Waals surface area contributed by atoms with Crippen molar-refractivity contribution in [3.63, 3.8) is 0 Å². The van der Waals surface area contributed by atoms with Gasteiger partial charge < -0.3 is 10.2 Å². The molecular formula is C19H22ClN5O2S. The van der Waals surface area contributed by atoms with Crippen molar-refractivity contribution in [1.82, 2.24) is 10.2 Å². The van der Waals surface area contributed by atoms with Crippen LogP contribution in [0.15, 0.2) is 18.2 Å². The molecule has 148 valence electrons. The summed E-state index contributed by atoms with van der Waals surface area (Å²) >= 11 is 7.57. The summed E-state index contributed by atoms with van der Waals surface area (Å²) < 4.78 is 0. The van der Waals surface area contributed by atoms with E-state index in [-0.39, 0.29) is 17.7 Å². The first kappa shape index (κ1) is 19.1. The van der Waals surface area contributed by atoms with Crippen molar-refractivity contribution in [2.45, 2.75) is 32.6 Å². The number of rotatable bonds is 4. The summed E-state index contributed by atoms with van der Waals surface area (Å²) in [6.45, 7) is 4.06. The number of benzene rings is 1. The predicted molar refractivity (Wildman–Crippen MR) is 111 cm³/mol. The van der Waals surface area contributed by atoms with Crippen molar-refractivity contribution < 1.29 is 9.59 Å². The van der Waals surface area contributed by atoms with Crippen LogP contribution in [0.4, 0.5) is 16.0 Å². The number of piperidine rings is 1. The average molecular weight is 420 g/mol. The Bertz CT molecular complexity index is 902. The van der Waals surface area contributed by atoms with Crippen molar-refractivity contribution >= 4 is 50.7 Å². The van der Waals surface area contributed by atoms with Gasteiger partial charge in [-0.15, -0.1) is 10.2 Å². The summed E-state index contributed by atoms with van der Waals surface area (Å²) in [6, 6.07) is 5.54. The van der Waals surface area contributed by atoms with E-state index in [4.69, 9.17) is 11.6 Å². The van der Waals surface area contributed by atoms with E-state index in [1.807, 2.05) is 19.1 Å². The van der Waals surface area contributed by atoms with Gasteiger partial charge in [0.2, 0.25) is 22.1 Å². The molecule has 2 amide bonds. The zero-order valence-electron chi connectivity index (χ0n) is 15.7. The second-order valence-corrected chi connectivity index (χ2v) is 8.60. The average Bonchev–Trinajstić information content (AvgIpc) is 3.33. The Morgan fingerprint density at radius 1 is 1.25 bits per heavy atom. The van der Waals surface area contributed by atoms with Gasteiger partial charge in [0, 0.05) is 36.8 Å². The number of hydrogen-bond donors (Lipinski definition) is 1. The molecule has 0 unspecified atom stereocenters. The van der Waals surface area contributed by atoms with Gasteiger partial charge in [-0.1, -0.05) is 29.0 Å². The molecule has 2 aliphatic rings. The maximum absolute atomic E-state index is 12.7. The van der Waals surface area contributed by atoms with Gasteiger partial charge in [0.15, 0.2) is 0 Å². The third-order valence-corrected chi connectivity index (χ3v) is 6.62. The lowest BCUT2D eigenvalue weighted by molar-refractivity contribution is -0.120. The summed E-state index contributed by atoms with van der Waals surface area (Å²) in [6.07, 6.45) is 3.18. The van der Waals surface area contributed by atoms with Crippen molar-refractivity contribution in [3.8, 4) is 0 Å². The van der Waals surface area contributed by atoms with Crippen LogP contribution in [0.3, 0.4) is 0 Å². The van der Waals surface area contributed by atoms with Crippen molar-refractivity contribution in [3.05, 3.63) is 28.8 Å². The van der Waals surface area contributed by atoms with Crippen LogP contribution in [-0.2, 0) is 9.59 Å². The molecule has 2 aliphatic heterocycles. The predicted octanol–water partition coefficient (Wildman–Crippen LogP) is 3.48. The molecule has 2 saturated heterocycles. The minimum Gasteiger partial charge on any atom is -0.346 e. The zero-order valence-corrected chi connectivity index (χ0v) is 17.2. The van der Waals surface area contributed by atoms with Crippen LogP contribution < -0.4 is 15.1 Å². The van der Waals surface area contributed by atoms with Crippen molar-refractivity contribution in [2.75, 3.05) is 34.8 Å². The van der Waals surface area contributed by atoms with E-state index in [9.17, 15) is 9.59 Å². The van der Waals surface area contributed by atoms with Gasteiger partial charge in [0.1, 0.15) is 0 Å². The first-order chi connectivity index (χ1) is 13.5. The monoisotopic (exact) mass is 419 g/mol. The molecule has 7 nitrogen and oxygen atoms in total. The quantitative estimate of drug-likeness (QED) is 0.820. The van der Waals surface area contributed by atoms with E-state index < -0.39 is 0 Å². The van der Waals surface area contributed by atoms with Crippen LogP contribution in [0.5, 0.6) is 0 Å². The van der Waals surface area contributed by atoms with Crippen molar-refractivity contribution in [2.24, 2.45) is 5.92 Å². The van der Waals surface area contributed by atoms with Crippen LogP contribution >= 0.6 is 22.9 Å². The minimum absolute atomic E-state index is 0.0101. The van der Waals surface area contributed by atoms with Crippen LogP contribution in [0.1, 0.15) is 31.2 Å². The minimum atomic E-state index is -0.130. The van der Waals surface area contributed by atoms with E-state index in [0.29, 0.717) is 35.4 Å². The fraction of sp³-hybridized carbons (Fsp3) is 0.474. The number of aryl methyl sites for hydroxylation is 1. The molecule has 4 rings (SSSR count). The first-order valence-electron chi connectivity index (χ1n) is 9.47. The summed E-state index contributed by atoms with van der Waals surface area (Å²) in [5.41, 5.74) is 1.69. The van der Waals surface area contributed by atoms with Crippen LogP contribution in [0.2, 0.25) is 5.02 Å². The number of amides is 2. The number of nitrogens with one attached hydrogen (secondary N) is 1. The lowest BCUT2D eigenvalue weighted by Gasteiger charge is -2.31. The first-order valence-corrected chi connectivity index (χ1v) is 10.7. The lowest BCUT2D eigenvalue weighted by atomic mass is 9.97. The highest BCUT2D eigenvalue weighted by Crippen LogP contribution is 2.32. The fourth-order valence-corrected chi connectivity index (χ4v) is 4.68. The molecule has 0 saturated carbocycles.